The average molecular weight is 396 g/mol. The minimum atomic E-state index is -0.393. The molecule has 1 fully saturated rings. The SMILES string of the molecule is COC(=O)c1ccc(NC(=O)N2CCN(c3c(C)cccc3C(C)C)CC2)cc1. The highest BCUT2D eigenvalue weighted by Gasteiger charge is 2.24. The van der Waals surface area contributed by atoms with Gasteiger partial charge in [0.15, 0.2) is 0 Å². The number of hydrogen-bond acceptors (Lipinski definition) is 4. The molecule has 1 saturated heterocycles. The Morgan fingerprint density at radius 1 is 1.00 bits per heavy atom. The number of amides is 2. The molecule has 1 aliphatic heterocycles. The minimum Gasteiger partial charge on any atom is -0.465 e. The number of carbonyl (C=O) groups excluding carboxylic acids is 2. The highest BCUT2D eigenvalue weighted by atomic mass is 16.5. The summed E-state index contributed by atoms with van der Waals surface area (Å²) in [6.45, 7) is 9.52. The summed E-state index contributed by atoms with van der Waals surface area (Å²) >= 11 is 0. The van der Waals surface area contributed by atoms with Gasteiger partial charge in [0, 0.05) is 37.6 Å². The summed E-state index contributed by atoms with van der Waals surface area (Å²) in [5, 5.41) is 2.91. The number of nitrogens with one attached hydrogen (secondary N) is 1. The van der Waals surface area contributed by atoms with Gasteiger partial charge >= 0.3 is 12.0 Å². The third-order valence-electron chi connectivity index (χ3n) is 5.33. The number of aryl methyl sites for hydroxylation is 1. The van der Waals surface area contributed by atoms with E-state index in [2.05, 4.69) is 49.2 Å². The first-order chi connectivity index (χ1) is 13.9. The molecule has 0 aliphatic carbocycles. The van der Waals surface area contributed by atoms with Crippen molar-refractivity contribution in [2.45, 2.75) is 26.7 Å². The number of anilines is 2. The molecule has 0 saturated carbocycles. The molecule has 0 unspecified atom stereocenters. The van der Waals surface area contributed by atoms with E-state index in [1.54, 1.807) is 24.3 Å². The van der Waals surface area contributed by atoms with Gasteiger partial charge in [0.25, 0.3) is 0 Å². The predicted molar refractivity (Wildman–Crippen MR) is 116 cm³/mol. The summed E-state index contributed by atoms with van der Waals surface area (Å²) in [4.78, 5) is 28.4. The van der Waals surface area contributed by atoms with Gasteiger partial charge in [-0.2, -0.15) is 0 Å². The van der Waals surface area contributed by atoms with Crippen molar-refractivity contribution in [3.05, 3.63) is 59.2 Å². The van der Waals surface area contributed by atoms with E-state index in [-0.39, 0.29) is 6.03 Å². The van der Waals surface area contributed by atoms with Gasteiger partial charge in [0.05, 0.1) is 12.7 Å². The normalized spacial score (nSPS) is 14.1. The van der Waals surface area contributed by atoms with Gasteiger partial charge in [-0.3, -0.25) is 0 Å². The fourth-order valence-corrected chi connectivity index (χ4v) is 3.72. The molecule has 154 valence electrons. The number of esters is 1. The molecule has 3 rings (SSSR count). The first kappa shape index (κ1) is 20.7. The van der Waals surface area contributed by atoms with Crippen molar-refractivity contribution in [2.75, 3.05) is 43.5 Å². The van der Waals surface area contributed by atoms with Crippen LogP contribution in [0.25, 0.3) is 0 Å². The van der Waals surface area contributed by atoms with Crippen molar-refractivity contribution >= 4 is 23.4 Å². The van der Waals surface area contributed by atoms with Crippen LogP contribution in [0, 0.1) is 6.92 Å². The highest BCUT2D eigenvalue weighted by Crippen LogP contribution is 2.31. The molecule has 6 nitrogen and oxygen atoms in total. The summed E-state index contributed by atoms with van der Waals surface area (Å²) in [6, 6.07) is 13.1. The quantitative estimate of drug-likeness (QED) is 0.786. The van der Waals surface area contributed by atoms with E-state index >= 15 is 0 Å². The van der Waals surface area contributed by atoms with E-state index in [0.29, 0.717) is 30.3 Å². The van der Waals surface area contributed by atoms with E-state index < -0.39 is 5.97 Å². The molecule has 0 radical (unpaired) electrons. The fourth-order valence-electron chi connectivity index (χ4n) is 3.72. The number of urea groups is 1. The van der Waals surface area contributed by atoms with Crippen molar-refractivity contribution in [3.8, 4) is 0 Å². The van der Waals surface area contributed by atoms with Crippen LogP contribution in [0.15, 0.2) is 42.5 Å². The van der Waals surface area contributed by atoms with Crippen molar-refractivity contribution in [1.29, 1.82) is 0 Å². The number of hydrogen-bond donors (Lipinski definition) is 1. The van der Waals surface area contributed by atoms with Crippen molar-refractivity contribution < 1.29 is 14.3 Å². The van der Waals surface area contributed by atoms with Crippen molar-refractivity contribution in [1.82, 2.24) is 4.90 Å². The van der Waals surface area contributed by atoms with Gasteiger partial charge in [0.1, 0.15) is 0 Å². The van der Waals surface area contributed by atoms with Crippen LogP contribution in [-0.4, -0.2) is 50.2 Å². The number of para-hydroxylation sites is 1. The topological polar surface area (TPSA) is 61.9 Å². The third kappa shape index (κ3) is 4.70. The van der Waals surface area contributed by atoms with Crippen LogP contribution in [0.2, 0.25) is 0 Å². The van der Waals surface area contributed by atoms with Crippen LogP contribution < -0.4 is 10.2 Å². The number of carbonyl (C=O) groups is 2. The summed E-state index contributed by atoms with van der Waals surface area (Å²) in [5.74, 6) is 0.0650. The smallest absolute Gasteiger partial charge is 0.337 e. The van der Waals surface area contributed by atoms with Crippen LogP contribution in [0.5, 0.6) is 0 Å². The zero-order valence-corrected chi connectivity index (χ0v) is 17.6. The first-order valence-corrected chi connectivity index (χ1v) is 9.99. The monoisotopic (exact) mass is 395 g/mol. The predicted octanol–water partition coefficient (Wildman–Crippen LogP) is 4.26. The molecule has 29 heavy (non-hydrogen) atoms. The lowest BCUT2D eigenvalue weighted by Crippen LogP contribution is -2.50. The van der Waals surface area contributed by atoms with Gasteiger partial charge in [0.2, 0.25) is 0 Å². The maximum atomic E-state index is 12.6. The van der Waals surface area contributed by atoms with E-state index in [0.717, 1.165) is 13.1 Å². The molecule has 0 bridgehead atoms. The molecule has 1 heterocycles. The van der Waals surface area contributed by atoms with E-state index in [1.165, 1.54) is 23.9 Å². The van der Waals surface area contributed by atoms with Crippen LogP contribution in [0.1, 0.15) is 41.3 Å². The van der Waals surface area contributed by atoms with Crippen LogP contribution in [0.4, 0.5) is 16.2 Å². The molecule has 0 aromatic heterocycles. The number of ether oxygens (including phenoxy) is 1. The maximum absolute atomic E-state index is 12.6. The van der Waals surface area contributed by atoms with E-state index in [1.807, 2.05) is 4.90 Å². The summed E-state index contributed by atoms with van der Waals surface area (Å²) < 4.78 is 4.69. The Labute approximate surface area is 172 Å². The van der Waals surface area contributed by atoms with Crippen LogP contribution in [0.3, 0.4) is 0 Å². The molecule has 1 N–H and O–H groups in total. The number of piperazine rings is 1. The Morgan fingerprint density at radius 3 is 2.24 bits per heavy atom. The Bertz CT molecular complexity index is 869. The van der Waals surface area contributed by atoms with Gasteiger partial charge in [-0.05, 0) is 48.2 Å². The van der Waals surface area contributed by atoms with Gasteiger partial charge in [-0.15, -0.1) is 0 Å². The number of nitrogens with zero attached hydrogens (tertiary/aromatic N) is 2. The van der Waals surface area contributed by atoms with Crippen LogP contribution in [-0.2, 0) is 4.74 Å². The lowest BCUT2D eigenvalue weighted by molar-refractivity contribution is 0.0600. The molecule has 0 spiro atoms. The maximum Gasteiger partial charge on any atom is 0.337 e. The lowest BCUT2D eigenvalue weighted by Gasteiger charge is -2.38. The fraction of sp³-hybridized carbons (Fsp3) is 0.391. The Balaban J connectivity index is 1.61. The molecular weight excluding hydrogens is 366 g/mol. The van der Waals surface area contributed by atoms with Gasteiger partial charge in [-0.1, -0.05) is 32.0 Å². The highest BCUT2D eigenvalue weighted by molar-refractivity contribution is 5.92. The lowest BCUT2D eigenvalue weighted by atomic mass is 9.97. The van der Waals surface area contributed by atoms with E-state index in [4.69, 9.17) is 4.74 Å². The second-order valence-electron chi connectivity index (χ2n) is 7.64. The zero-order valence-electron chi connectivity index (χ0n) is 17.6. The Kier molecular flexibility index (Phi) is 6.42. The van der Waals surface area contributed by atoms with Gasteiger partial charge < -0.3 is 19.9 Å². The minimum absolute atomic E-state index is 0.121. The largest absolute Gasteiger partial charge is 0.465 e. The average Bonchev–Trinajstić information content (AvgIpc) is 2.73. The molecule has 2 aromatic rings. The summed E-state index contributed by atoms with van der Waals surface area (Å²) in [5.41, 5.74) is 5.05. The third-order valence-corrected chi connectivity index (χ3v) is 5.33. The van der Waals surface area contributed by atoms with E-state index in [9.17, 15) is 9.59 Å². The Hall–Kier alpha value is -3.02. The van der Waals surface area contributed by atoms with Crippen LogP contribution >= 0.6 is 0 Å². The molecule has 6 heteroatoms. The first-order valence-electron chi connectivity index (χ1n) is 9.99. The number of rotatable bonds is 4. The zero-order chi connectivity index (χ0) is 21.0. The second-order valence-corrected chi connectivity index (χ2v) is 7.64. The molecule has 0 atom stereocenters. The van der Waals surface area contributed by atoms with Crippen molar-refractivity contribution in [3.63, 3.8) is 0 Å². The second kappa shape index (κ2) is 8.99. The number of benzene rings is 2. The number of methoxy groups -OCH3 is 1. The molecule has 2 aromatic carbocycles. The molecule has 1 aliphatic rings. The van der Waals surface area contributed by atoms with Gasteiger partial charge in [-0.25, -0.2) is 9.59 Å². The summed E-state index contributed by atoms with van der Waals surface area (Å²) in [6.07, 6.45) is 0. The summed E-state index contributed by atoms with van der Waals surface area (Å²) in [7, 11) is 1.35. The molecular formula is C23H29N3O3. The van der Waals surface area contributed by atoms with Crippen molar-refractivity contribution in [2.24, 2.45) is 0 Å². The Morgan fingerprint density at radius 2 is 1.66 bits per heavy atom. The standard InChI is InChI=1S/C23H29N3O3/c1-16(2)20-7-5-6-17(3)21(20)25-12-14-26(15-13-25)23(28)24-19-10-8-18(9-11-19)22(27)29-4/h5-11,16H,12-15H2,1-4H3,(H,24,28). The molecule has 2 amide bonds.